The highest BCUT2D eigenvalue weighted by Gasteiger charge is 2.58. The molecular formula is C20H27F3N2O2. The molecule has 4 nitrogen and oxygen atoms in total. The van der Waals surface area contributed by atoms with Crippen LogP contribution in [0, 0.1) is 16.7 Å². The van der Waals surface area contributed by atoms with Gasteiger partial charge in [-0.2, -0.15) is 13.2 Å². The van der Waals surface area contributed by atoms with E-state index in [0.717, 1.165) is 6.07 Å². The van der Waals surface area contributed by atoms with E-state index >= 15 is 0 Å². The van der Waals surface area contributed by atoms with E-state index in [-0.39, 0.29) is 29.8 Å². The van der Waals surface area contributed by atoms with Crippen LogP contribution in [0.25, 0.3) is 0 Å². The van der Waals surface area contributed by atoms with Crippen LogP contribution in [0.5, 0.6) is 0 Å². The Balaban J connectivity index is 2.19. The average Bonchev–Trinajstić information content (AvgIpc) is 2.82. The monoisotopic (exact) mass is 384 g/mol. The maximum atomic E-state index is 13.1. The van der Waals surface area contributed by atoms with Gasteiger partial charge in [-0.3, -0.25) is 9.59 Å². The van der Waals surface area contributed by atoms with E-state index in [4.69, 9.17) is 0 Å². The number of carbonyl (C=O) groups excluding carboxylic acids is 2. The van der Waals surface area contributed by atoms with Crippen LogP contribution in [-0.2, 0) is 22.3 Å². The van der Waals surface area contributed by atoms with Gasteiger partial charge in [-0.1, -0.05) is 39.0 Å². The minimum atomic E-state index is -4.47. The van der Waals surface area contributed by atoms with Crippen molar-refractivity contribution in [3.8, 4) is 0 Å². The van der Waals surface area contributed by atoms with E-state index in [0.29, 0.717) is 12.8 Å². The minimum Gasteiger partial charge on any atom is -0.352 e. The predicted molar refractivity (Wildman–Crippen MR) is 96.6 cm³/mol. The fourth-order valence-corrected chi connectivity index (χ4v) is 3.97. The summed E-state index contributed by atoms with van der Waals surface area (Å²) in [5, 5.41) is 2.67. The Bertz CT molecular complexity index is 728. The summed E-state index contributed by atoms with van der Waals surface area (Å²) >= 11 is 0. The number of hydrogen-bond acceptors (Lipinski definition) is 2. The van der Waals surface area contributed by atoms with Crippen molar-refractivity contribution in [2.45, 2.75) is 46.3 Å². The van der Waals surface area contributed by atoms with E-state index in [1.807, 2.05) is 13.8 Å². The minimum absolute atomic E-state index is 0.0265. The second-order valence-corrected chi connectivity index (χ2v) is 8.22. The van der Waals surface area contributed by atoms with Crippen LogP contribution < -0.4 is 5.32 Å². The fraction of sp³-hybridized carbons (Fsp3) is 0.600. The summed E-state index contributed by atoms with van der Waals surface area (Å²) in [6.07, 6.45) is -3.38. The molecule has 2 amide bonds. The average molecular weight is 384 g/mol. The van der Waals surface area contributed by atoms with Crippen molar-refractivity contribution >= 4 is 11.8 Å². The Morgan fingerprint density at radius 2 is 1.78 bits per heavy atom. The SMILES string of the molecule is CN(C)C(=O)[C@@H]1CC[C@](C)(C(=O)NCc2ccccc2C(F)(F)F)C1(C)C. The molecule has 2 atom stereocenters. The van der Waals surface area contributed by atoms with Crippen molar-refractivity contribution in [2.75, 3.05) is 14.1 Å². The lowest BCUT2D eigenvalue weighted by molar-refractivity contribution is -0.143. The van der Waals surface area contributed by atoms with Gasteiger partial charge < -0.3 is 10.2 Å². The zero-order valence-corrected chi connectivity index (χ0v) is 16.4. The van der Waals surface area contributed by atoms with Gasteiger partial charge in [0.05, 0.1) is 11.0 Å². The largest absolute Gasteiger partial charge is 0.416 e. The number of amides is 2. The van der Waals surface area contributed by atoms with Gasteiger partial charge in [-0.25, -0.2) is 0 Å². The number of halogens is 3. The Hall–Kier alpha value is -2.05. The van der Waals surface area contributed by atoms with E-state index in [9.17, 15) is 22.8 Å². The number of rotatable bonds is 4. The molecule has 1 aliphatic rings. The number of benzene rings is 1. The van der Waals surface area contributed by atoms with Gasteiger partial charge >= 0.3 is 6.18 Å². The summed E-state index contributed by atoms with van der Waals surface area (Å²) in [6, 6.07) is 5.22. The van der Waals surface area contributed by atoms with Crippen molar-refractivity contribution in [3.05, 3.63) is 35.4 Å². The van der Waals surface area contributed by atoms with Crippen molar-refractivity contribution in [2.24, 2.45) is 16.7 Å². The van der Waals surface area contributed by atoms with Gasteiger partial charge in [0, 0.05) is 26.6 Å². The van der Waals surface area contributed by atoms with Crippen molar-refractivity contribution in [3.63, 3.8) is 0 Å². The molecule has 0 unspecified atom stereocenters. The summed E-state index contributed by atoms with van der Waals surface area (Å²) in [7, 11) is 3.37. The molecule has 0 saturated heterocycles. The fourth-order valence-electron chi connectivity index (χ4n) is 3.97. The molecule has 0 radical (unpaired) electrons. The van der Waals surface area contributed by atoms with Gasteiger partial charge in [0.25, 0.3) is 0 Å². The topological polar surface area (TPSA) is 49.4 Å². The van der Waals surface area contributed by atoms with Crippen LogP contribution in [0.1, 0.15) is 44.7 Å². The summed E-state index contributed by atoms with van der Waals surface area (Å²) in [5.41, 5.74) is -2.17. The van der Waals surface area contributed by atoms with Gasteiger partial charge in [0.15, 0.2) is 0 Å². The van der Waals surface area contributed by atoms with Crippen LogP contribution in [0.2, 0.25) is 0 Å². The quantitative estimate of drug-likeness (QED) is 0.857. The smallest absolute Gasteiger partial charge is 0.352 e. The van der Waals surface area contributed by atoms with Crippen molar-refractivity contribution < 1.29 is 22.8 Å². The first kappa shape index (κ1) is 21.3. The van der Waals surface area contributed by atoms with Crippen LogP contribution in [0.3, 0.4) is 0 Å². The number of hydrogen-bond donors (Lipinski definition) is 1. The summed E-state index contributed by atoms with van der Waals surface area (Å²) < 4.78 is 39.4. The standard InChI is InChI=1S/C20H27F3N2O2/c1-18(2)15(16(26)25(4)5)10-11-19(18,3)17(27)24-12-13-8-6-7-9-14(13)20(21,22)23/h6-9,15H,10-12H2,1-5H3,(H,24,27)/t15-,19+/m0/s1. The van der Waals surface area contributed by atoms with Crippen LogP contribution >= 0.6 is 0 Å². The highest BCUT2D eigenvalue weighted by Crippen LogP contribution is 2.56. The molecule has 1 saturated carbocycles. The second-order valence-electron chi connectivity index (χ2n) is 8.22. The number of nitrogens with one attached hydrogen (secondary N) is 1. The zero-order chi connectivity index (χ0) is 20.6. The lowest BCUT2D eigenvalue weighted by atomic mass is 9.65. The molecule has 1 aromatic rings. The molecule has 0 aliphatic heterocycles. The Labute approximate surface area is 158 Å². The number of carbonyl (C=O) groups is 2. The lowest BCUT2D eigenvalue weighted by Crippen LogP contribution is -2.49. The molecule has 0 spiro atoms. The third-order valence-corrected chi connectivity index (χ3v) is 6.23. The molecule has 27 heavy (non-hydrogen) atoms. The Morgan fingerprint density at radius 3 is 2.33 bits per heavy atom. The van der Waals surface area contributed by atoms with Gasteiger partial charge in [0.1, 0.15) is 0 Å². The van der Waals surface area contributed by atoms with Crippen molar-refractivity contribution in [1.29, 1.82) is 0 Å². The highest BCUT2D eigenvalue weighted by molar-refractivity contribution is 5.87. The summed E-state index contributed by atoms with van der Waals surface area (Å²) in [6.45, 7) is 5.36. The Kier molecular flexibility index (Phi) is 5.64. The van der Waals surface area contributed by atoms with Gasteiger partial charge in [-0.05, 0) is 29.9 Å². The molecule has 0 aromatic heterocycles. The lowest BCUT2D eigenvalue weighted by Gasteiger charge is -2.40. The summed E-state index contributed by atoms with van der Waals surface area (Å²) in [4.78, 5) is 26.9. The van der Waals surface area contributed by atoms with Crippen LogP contribution in [0.4, 0.5) is 13.2 Å². The molecule has 0 heterocycles. The second kappa shape index (κ2) is 7.17. The first-order valence-electron chi connectivity index (χ1n) is 8.97. The summed E-state index contributed by atoms with van der Waals surface area (Å²) in [5.74, 6) is -0.650. The maximum absolute atomic E-state index is 13.1. The van der Waals surface area contributed by atoms with Crippen LogP contribution in [-0.4, -0.2) is 30.8 Å². The van der Waals surface area contributed by atoms with E-state index < -0.39 is 22.6 Å². The van der Waals surface area contributed by atoms with Crippen LogP contribution in [0.15, 0.2) is 24.3 Å². The first-order chi connectivity index (χ1) is 12.3. The molecule has 2 rings (SSSR count). The molecular weight excluding hydrogens is 357 g/mol. The Morgan fingerprint density at radius 1 is 1.19 bits per heavy atom. The molecule has 1 N–H and O–H groups in total. The van der Waals surface area contributed by atoms with Gasteiger partial charge in [-0.15, -0.1) is 0 Å². The highest BCUT2D eigenvalue weighted by atomic mass is 19.4. The molecule has 1 aliphatic carbocycles. The van der Waals surface area contributed by atoms with E-state index in [1.165, 1.54) is 23.1 Å². The maximum Gasteiger partial charge on any atom is 0.416 e. The number of nitrogens with zero attached hydrogens (tertiary/aromatic N) is 1. The number of alkyl halides is 3. The van der Waals surface area contributed by atoms with Crippen molar-refractivity contribution in [1.82, 2.24) is 10.2 Å². The molecule has 150 valence electrons. The molecule has 0 bridgehead atoms. The van der Waals surface area contributed by atoms with E-state index in [2.05, 4.69) is 5.32 Å². The predicted octanol–water partition coefficient (Wildman–Crippen LogP) is 3.85. The third-order valence-electron chi connectivity index (χ3n) is 6.23. The molecule has 1 aromatic carbocycles. The molecule has 1 fully saturated rings. The van der Waals surface area contributed by atoms with Gasteiger partial charge in [0.2, 0.25) is 11.8 Å². The third kappa shape index (κ3) is 3.82. The molecule has 7 heteroatoms. The first-order valence-corrected chi connectivity index (χ1v) is 8.97. The normalized spacial score (nSPS) is 24.5. The van der Waals surface area contributed by atoms with E-state index in [1.54, 1.807) is 21.0 Å². The zero-order valence-electron chi connectivity index (χ0n) is 16.4.